The average molecular weight is 613 g/mol. The second-order valence-electron chi connectivity index (χ2n) is 9.60. The number of allylic oxidation sites excluding steroid dienone is 1. The summed E-state index contributed by atoms with van der Waals surface area (Å²) in [6.45, 7) is 1.71. The van der Waals surface area contributed by atoms with E-state index in [0.717, 1.165) is 18.2 Å². The van der Waals surface area contributed by atoms with Crippen molar-refractivity contribution in [3.63, 3.8) is 0 Å². The molecular formula is C32H22F10O. The smallest absolute Gasteiger partial charge is 0.399 e. The predicted octanol–water partition coefficient (Wildman–Crippen LogP) is 10.8. The first-order chi connectivity index (χ1) is 20.3. The van der Waals surface area contributed by atoms with Crippen molar-refractivity contribution < 1.29 is 48.6 Å². The molecule has 0 saturated carbocycles. The summed E-state index contributed by atoms with van der Waals surface area (Å²) in [5.41, 5.74) is -0.0416. The van der Waals surface area contributed by atoms with E-state index in [0.29, 0.717) is 29.7 Å². The standard InChI is InChI=1S/C32H22F10O/c1-2-3-24(33)30(39)19-7-5-18(6-8-19)20-9-11-22(25(34)14-20)21-15-26(35)23(27(36)16-21)10-4-17-12-28(37)31(29(38)13-17)43-32(40,41)42/h5-9,11-16H,2-4,10H2,1H3/b30-24+. The average Bonchev–Trinajstić information content (AvgIpc) is 2.93. The van der Waals surface area contributed by atoms with Crippen molar-refractivity contribution in [3.8, 4) is 28.0 Å². The minimum Gasteiger partial charge on any atom is -0.399 e. The molecule has 0 amide bonds. The van der Waals surface area contributed by atoms with Gasteiger partial charge in [-0.25, -0.2) is 30.7 Å². The van der Waals surface area contributed by atoms with Gasteiger partial charge >= 0.3 is 6.36 Å². The van der Waals surface area contributed by atoms with Crippen molar-refractivity contribution in [2.75, 3.05) is 0 Å². The van der Waals surface area contributed by atoms with Gasteiger partial charge in [0.2, 0.25) is 5.75 Å². The molecule has 4 rings (SSSR count). The number of hydrogen-bond donors (Lipinski definition) is 0. The van der Waals surface area contributed by atoms with E-state index in [4.69, 9.17) is 0 Å². The molecule has 0 saturated heterocycles. The first-order valence-electron chi connectivity index (χ1n) is 12.9. The number of halogens is 10. The lowest BCUT2D eigenvalue weighted by molar-refractivity contribution is -0.276. The van der Waals surface area contributed by atoms with E-state index in [-0.39, 0.29) is 35.1 Å². The maximum atomic E-state index is 15.1. The van der Waals surface area contributed by atoms with Crippen molar-refractivity contribution in [2.45, 2.75) is 39.0 Å². The maximum Gasteiger partial charge on any atom is 0.573 e. The summed E-state index contributed by atoms with van der Waals surface area (Å²) in [5, 5.41) is 0. The second kappa shape index (κ2) is 12.9. The van der Waals surface area contributed by atoms with Crippen LogP contribution in [0.25, 0.3) is 28.1 Å². The van der Waals surface area contributed by atoms with Crippen LogP contribution in [0.4, 0.5) is 43.9 Å². The van der Waals surface area contributed by atoms with Gasteiger partial charge in [-0.2, -0.15) is 0 Å². The number of aryl methyl sites for hydroxylation is 1. The molecule has 0 aliphatic rings. The van der Waals surface area contributed by atoms with Crippen LogP contribution < -0.4 is 4.74 Å². The molecule has 43 heavy (non-hydrogen) atoms. The Labute approximate surface area is 240 Å². The first-order valence-corrected chi connectivity index (χ1v) is 12.9. The molecule has 1 nitrogen and oxygen atoms in total. The molecule has 0 aliphatic heterocycles. The Hall–Kier alpha value is -4.28. The Morgan fingerprint density at radius 2 is 1.21 bits per heavy atom. The highest BCUT2D eigenvalue weighted by Crippen LogP contribution is 2.33. The first kappa shape index (κ1) is 31.7. The van der Waals surface area contributed by atoms with E-state index < -0.39 is 64.8 Å². The van der Waals surface area contributed by atoms with Crippen LogP contribution in [-0.4, -0.2) is 6.36 Å². The zero-order valence-corrected chi connectivity index (χ0v) is 22.4. The van der Waals surface area contributed by atoms with Gasteiger partial charge in [-0.15, -0.1) is 13.2 Å². The maximum absolute atomic E-state index is 15.1. The Bertz CT molecular complexity index is 1610. The topological polar surface area (TPSA) is 9.23 Å². The summed E-state index contributed by atoms with van der Waals surface area (Å²) in [6.07, 6.45) is -5.67. The molecule has 0 radical (unpaired) electrons. The minimum absolute atomic E-state index is 0.0283. The highest BCUT2D eigenvalue weighted by atomic mass is 19.4. The minimum atomic E-state index is -5.32. The van der Waals surface area contributed by atoms with Crippen molar-refractivity contribution in [3.05, 3.63) is 118 Å². The highest BCUT2D eigenvalue weighted by molar-refractivity contribution is 5.73. The molecule has 0 atom stereocenters. The molecule has 0 fully saturated rings. The zero-order chi connectivity index (χ0) is 31.5. The zero-order valence-electron chi connectivity index (χ0n) is 22.4. The van der Waals surface area contributed by atoms with Gasteiger partial charge in [-0.3, -0.25) is 0 Å². The second-order valence-corrected chi connectivity index (χ2v) is 9.60. The van der Waals surface area contributed by atoms with Gasteiger partial charge in [0, 0.05) is 23.1 Å². The largest absolute Gasteiger partial charge is 0.573 e. The van der Waals surface area contributed by atoms with Crippen molar-refractivity contribution >= 4 is 5.83 Å². The van der Waals surface area contributed by atoms with Gasteiger partial charge in [0.05, 0.1) is 0 Å². The monoisotopic (exact) mass is 612 g/mol. The number of alkyl halides is 3. The molecule has 0 heterocycles. The number of rotatable bonds is 9. The fraction of sp³-hybridized carbons (Fsp3) is 0.188. The molecule has 4 aromatic carbocycles. The number of benzene rings is 4. The highest BCUT2D eigenvalue weighted by Gasteiger charge is 2.34. The molecule has 0 spiro atoms. The van der Waals surface area contributed by atoms with Crippen LogP contribution in [0.1, 0.15) is 36.5 Å². The van der Waals surface area contributed by atoms with Crippen molar-refractivity contribution in [1.29, 1.82) is 0 Å². The van der Waals surface area contributed by atoms with Crippen molar-refractivity contribution in [2.24, 2.45) is 0 Å². The van der Waals surface area contributed by atoms with Gasteiger partial charge in [-0.05, 0) is 71.8 Å². The molecule has 0 bridgehead atoms. The normalized spacial score (nSPS) is 12.3. The van der Waals surface area contributed by atoms with Crippen LogP contribution in [-0.2, 0) is 12.8 Å². The van der Waals surface area contributed by atoms with Gasteiger partial charge in [-0.1, -0.05) is 43.3 Å². The van der Waals surface area contributed by atoms with Crippen LogP contribution in [0, 0.1) is 29.1 Å². The molecule has 0 aliphatic carbocycles. The Balaban J connectivity index is 1.52. The van der Waals surface area contributed by atoms with Crippen LogP contribution in [0.2, 0.25) is 0 Å². The lowest BCUT2D eigenvalue weighted by Gasteiger charge is -2.13. The van der Waals surface area contributed by atoms with Gasteiger partial charge < -0.3 is 4.74 Å². The number of hydrogen-bond acceptors (Lipinski definition) is 1. The third kappa shape index (κ3) is 7.57. The summed E-state index contributed by atoms with van der Waals surface area (Å²) in [7, 11) is 0. The van der Waals surface area contributed by atoms with Crippen molar-refractivity contribution in [1.82, 2.24) is 0 Å². The van der Waals surface area contributed by atoms with Gasteiger partial charge in [0.1, 0.15) is 23.3 Å². The third-order valence-electron chi connectivity index (χ3n) is 6.54. The van der Waals surface area contributed by atoms with E-state index in [1.54, 1.807) is 6.92 Å². The Morgan fingerprint density at radius 1 is 0.651 bits per heavy atom. The van der Waals surface area contributed by atoms with E-state index in [2.05, 4.69) is 4.74 Å². The number of ether oxygens (including phenoxy) is 1. The van der Waals surface area contributed by atoms with Crippen LogP contribution in [0.15, 0.2) is 72.6 Å². The summed E-state index contributed by atoms with van der Waals surface area (Å²) in [6, 6.07) is 12.4. The molecular weight excluding hydrogens is 590 g/mol. The quantitative estimate of drug-likeness (QED) is 0.171. The summed E-state index contributed by atoms with van der Waals surface area (Å²) in [4.78, 5) is 0. The fourth-order valence-corrected chi connectivity index (χ4v) is 4.46. The van der Waals surface area contributed by atoms with Crippen LogP contribution in [0.3, 0.4) is 0 Å². The molecule has 0 N–H and O–H groups in total. The molecule has 0 unspecified atom stereocenters. The van der Waals surface area contributed by atoms with Crippen LogP contribution in [0.5, 0.6) is 5.75 Å². The Morgan fingerprint density at radius 3 is 1.74 bits per heavy atom. The summed E-state index contributed by atoms with van der Waals surface area (Å²) < 4.78 is 141. The molecule has 11 heteroatoms. The molecule has 226 valence electrons. The van der Waals surface area contributed by atoms with E-state index in [1.165, 1.54) is 36.4 Å². The van der Waals surface area contributed by atoms with E-state index in [9.17, 15) is 39.5 Å². The van der Waals surface area contributed by atoms with Gasteiger partial charge in [0.15, 0.2) is 17.5 Å². The third-order valence-corrected chi connectivity index (χ3v) is 6.54. The summed E-state index contributed by atoms with van der Waals surface area (Å²) in [5.74, 6) is -9.73. The molecule has 0 aromatic heterocycles. The fourth-order valence-electron chi connectivity index (χ4n) is 4.46. The van der Waals surface area contributed by atoms with E-state index >= 15 is 4.39 Å². The predicted molar refractivity (Wildman–Crippen MR) is 142 cm³/mol. The Kier molecular flexibility index (Phi) is 9.52. The SMILES string of the molecule is CCC/C(F)=C(\F)c1ccc(-c2ccc(-c3cc(F)c(CCc4cc(F)c(OC(F)(F)F)c(F)c4)c(F)c3)c(F)c2)cc1. The van der Waals surface area contributed by atoms with Crippen LogP contribution >= 0.6 is 0 Å². The molecule has 4 aromatic rings. The lowest BCUT2D eigenvalue weighted by Crippen LogP contribution is -2.19. The van der Waals surface area contributed by atoms with E-state index in [1.807, 2.05) is 0 Å². The van der Waals surface area contributed by atoms with Gasteiger partial charge in [0.25, 0.3) is 0 Å². The lowest BCUT2D eigenvalue weighted by atomic mass is 9.96. The summed E-state index contributed by atoms with van der Waals surface area (Å²) >= 11 is 0.